The van der Waals surface area contributed by atoms with Crippen molar-refractivity contribution in [1.82, 2.24) is 0 Å². The van der Waals surface area contributed by atoms with Gasteiger partial charge in [0.1, 0.15) is 0 Å². The molecule has 1 aromatic carbocycles. The Morgan fingerprint density at radius 3 is 2.73 bits per heavy atom. The first kappa shape index (κ1) is 10.5. The molecular weight excluding hydrogens is 315 g/mol. The molecule has 1 aliphatic rings. The van der Waals surface area contributed by atoms with Gasteiger partial charge in [0.15, 0.2) is 0 Å². The summed E-state index contributed by atoms with van der Waals surface area (Å²) in [5.41, 5.74) is 0.685. The third kappa shape index (κ3) is 1.53. The fourth-order valence-electron chi connectivity index (χ4n) is 1.49. The van der Waals surface area contributed by atoms with Gasteiger partial charge in [0.2, 0.25) is 0 Å². The number of carbonyl (C=O) groups is 1. The minimum absolute atomic E-state index is 0.140. The van der Waals surface area contributed by atoms with Crippen LogP contribution in [-0.4, -0.2) is 16.5 Å². The van der Waals surface area contributed by atoms with Crippen LogP contribution in [0, 0.1) is 10.5 Å². The quantitative estimate of drug-likeness (QED) is 0.794. The van der Waals surface area contributed by atoms with Crippen LogP contribution < -0.4 is 4.74 Å². The van der Waals surface area contributed by atoms with Crippen LogP contribution in [-0.2, 0) is 6.14 Å². The molecule has 2 rings (SSSR count). The minimum atomic E-state index is -4.70. The van der Waals surface area contributed by atoms with Crippen molar-refractivity contribution >= 4 is 25.2 Å². The molecule has 1 heterocycles. The standard InChI is InChI=1S/C9H9IO5/c1-5-3-6(14-2)4-7-8(5)10(12,13)15-9(7)11/h3-4H,1-2H3,(H,12,13). The van der Waals surface area contributed by atoms with Crippen LogP contribution in [0.5, 0.6) is 5.75 Å². The van der Waals surface area contributed by atoms with Crippen LogP contribution >= 0.6 is 19.3 Å². The zero-order chi connectivity index (χ0) is 11.2. The Labute approximate surface area is 91.0 Å². The van der Waals surface area contributed by atoms with E-state index < -0.39 is 25.2 Å². The molecular formula is C9H9IO5. The van der Waals surface area contributed by atoms with Gasteiger partial charge in [-0.25, -0.2) is 0 Å². The van der Waals surface area contributed by atoms with Gasteiger partial charge in [-0.3, -0.25) is 0 Å². The average molecular weight is 324 g/mol. The summed E-state index contributed by atoms with van der Waals surface area (Å²) in [6, 6.07) is 3.02. The Morgan fingerprint density at radius 2 is 2.13 bits per heavy atom. The summed E-state index contributed by atoms with van der Waals surface area (Å²) in [6.07, 6.45) is 0. The molecule has 15 heavy (non-hydrogen) atoms. The molecule has 0 saturated carbocycles. The Bertz CT molecular complexity index is 494. The predicted octanol–water partition coefficient (Wildman–Crippen LogP) is 1.55. The topological polar surface area (TPSA) is 72.8 Å². The summed E-state index contributed by atoms with van der Waals surface area (Å²) < 4.78 is 30.7. The second-order valence-electron chi connectivity index (χ2n) is 3.11. The molecule has 0 bridgehead atoms. The van der Waals surface area contributed by atoms with Crippen LogP contribution in [0.25, 0.3) is 0 Å². The molecule has 0 saturated heterocycles. The number of fused-ring (bicyclic) bond motifs is 1. The number of halogens is 1. The fraction of sp³-hybridized carbons (Fsp3) is 0.222. The van der Waals surface area contributed by atoms with E-state index in [2.05, 4.69) is 3.07 Å². The number of hydrogen-bond acceptors (Lipinski definition) is 4. The SMILES string of the molecule is COc1cc(C)c2c(c1)C(=O)OI2(=O)O. The van der Waals surface area contributed by atoms with Gasteiger partial charge in [-0.05, 0) is 0 Å². The number of rotatable bonds is 1. The number of methoxy groups -OCH3 is 1. The number of hydrogen-bond donors (Lipinski definition) is 1. The second kappa shape index (κ2) is 3.24. The third-order valence-corrected chi connectivity index (χ3v) is 5.89. The van der Waals surface area contributed by atoms with Crippen molar-refractivity contribution in [2.24, 2.45) is 0 Å². The molecule has 82 valence electrons. The summed E-state index contributed by atoms with van der Waals surface area (Å²) in [5, 5.41) is 0. The molecule has 0 aromatic heterocycles. The number of aryl methyl sites for hydroxylation is 1. The second-order valence-corrected chi connectivity index (χ2v) is 7.14. The van der Waals surface area contributed by atoms with E-state index in [0.29, 0.717) is 11.3 Å². The van der Waals surface area contributed by atoms with E-state index in [-0.39, 0.29) is 9.13 Å². The van der Waals surface area contributed by atoms with Gasteiger partial charge in [0.25, 0.3) is 0 Å². The van der Waals surface area contributed by atoms with E-state index >= 15 is 0 Å². The van der Waals surface area contributed by atoms with E-state index in [1.54, 1.807) is 13.0 Å². The van der Waals surface area contributed by atoms with Crippen LogP contribution in [0.1, 0.15) is 15.9 Å². The molecule has 0 radical (unpaired) electrons. The normalized spacial score (nSPS) is 27.8. The molecule has 0 aliphatic carbocycles. The first-order valence-corrected chi connectivity index (χ1v) is 7.90. The zero-order valence-corrected chi connectivity index (χ0v) is 10.3. The van der Waals surface area contributed by atoms with Crippen molar-refractivity contribution in [3.63, 3.8) is 0 Å². The molecule has 0 amide bonds. The summed E-state index contributed by atoms with van der Waals surface area (Å²) >= 11 is -4.70. The Hall–Kier alpha value is -1.02. The van der Waals surface area contributed by atoms with Gasteiger partial charge >= 0.3 is 90.9 Å². The molecule has 1 aromatic rings. The van der Waals surface area contributed by atoms with Crippen LogP contribution in [0.4, 0.5) is 0 Å². The van der Waals surface area contributed by atoms with Gasteiger partial charge in [-0.1, -0.05) is 0 Å². The average Bonchev–Trinajstić information content (AvgIpc) is 2.37. The van der Waals surface area contributed by atoms with E-state index in [1.807, 2.05) is 0 Å². The van der Waals surface area contributed by atoms with Crippen molar-refractivity contribution in [3.05, 3.63) is 26.8 Å². The van der Waals surface area contributed by atoms with Gasteiger partial charge in [0.05, 0.1) is 0 Å². The van der Waals surface area contributed by atoms with E-state index in [0.717, 1.165) is 0 Å². The van der Waals surface area contributed by atoms with Crippen LogP contribution in [0.15, 0.2) is 12.1 Å². The van der Waals surface area contributed by atoms with E-state index in [1.165, 1.54) is 13.2 Å². The summed E-state index contributed by atoms with van der Waals surface area (Å²) in [6.45, 7) is 1.65. The van der Waals surface area contributed by atoms with Gasteiger partial charge in [-0.2, -0.15) is 0 Å². The molecule has 5 nitrogen and oxygen atoms in total. The molecule has 1 atom stereocenters. The summed E-state index contributed by atoms with van der Waals surface area (Å²) in [5.74, 6) is -0.275. The Balaban J connectivity index is 2.74. The number of benzene rings is 1. The molecule has 1 unspecified atom stereocenters. The van der Waals surface area contributed by atoms with E-state index in [9.17, 15) is 11.3 Å². The Kier molecular flexibility index (Phi) is 2.27. The molecule has 6 heteroatoms. The van der Waals surface area contributed by atoms with Crippen molar-refractivity contribution in [1.29, 1.82) is 0 Å². The zero-order valence-electron chi connectivity index (χ0n) is 8.11. The van der Waals surface area contributed by atoms with Crippen LogP contribution in [0.3, 0.4) is 0 Å². The molecule has 0 spiro atoms. The van der Waals surface area contributed by atoms with Gasteiger partial charge in [-0.15, -0.1) is 0 Å². The van der Waals surface area contributed by atoms with Gasteiger partial charge < -0.3 is 0 Å². The number of carbonyl (C=O) groups excluding carboxylic acids is 1. The van der Waals surface area contributed by atoms with E-state index in [4.69, 9.17) is 4.74 Å². The van der Waals surface area contributed by atoms with Gasteiger partial charge in [0, 0.05) is 0 Å². The third-order valence-electron chi connectivity index (χ3n) is 2.10. The predicted molar refractivity (Wildman–Crippen MR) is 58.8 cm³/mol. The maximum absolute atomic E-state index is 11.6. The van der Waals surface area contributed by atoms with Crippen molar-refractivity contribution in [2.45, 2.75) is 6.92 Å². The summed E-state index contributed by atoms with van der Waals surface area (Å²) in [4.78, 5) is 11.3. The molecule has 0 fully saturated rings. The van der Waals surface area contributed by atoms with Crippen LogP contribution in [0.2, 0.25) is 0 Å². The summed E-state index contributed by atoms with van der Waals surface area (Å²) in [7, 11) is 1.46. The Morgan fingerprint density at radius 1 is 1.47 bits per heavy atom. The van der Waals surface area contributed by atoms with Crippen molar-refractivity contribution in [3.8, 4) is 5.75 Å². The number of ether oxygens (including phenoxy) is 1. The molecule has 1 N–H and O–H groups in total. The van der Waals surface area contributed by atoms with Crippen molar-refractivity contribution in [2.75, 3.05) is 7.11 Å². The first-order chi connectivity index (χ1) is 6.95. The monoisotopic (exact) mass is 324 g/mol. The molecule has 1 aliphatic heterocycles. The van der Waals surface area contributed by atoms with Crippen molar-refractivity contribution < 1.29 is 19.1 Å². The maximum atomic E-state index is 11.6. The first-order valence-electron chi connectivity index (χ1n) is 4.09. The fourth-order valence-corrected chi connectivity index (χ4v) is 4.84.